The highest BCUT2D eigenvalue weighted by molar-refractivity contribution is 5.95. The molecule has 0 aliphatic heterocycles. The number of nitrogens with two attached hydrogens (primary N) is 1. The summed E-state index contributed by atoms with van der Waals surface area (Å²) in [7, 11) is 0. The minimum Gasteiger partial charge on any atom is -0.338 e. The molecule has 0 spiro atoms. The second-order valence-corrected chi connectivity index (χ2v) is 6.18. The standard InChI is InChI=1S/C16H27N3O/c1-6-9-19(11-16(4,5)10-17)15(20)14-8-7-12(2)18-13(14)3/h7-8H,6,9-11,17H2,1-5H3. The van der Waals surface area contributed by atoms with Crippen LogP contribution in [0.25, 0.3) is 0 Å². The molecule has 1 aromatic heterocycles. The van der Waals surface area contributed by atoms with Crippen LogP contribution in [0.5, 0.6) is 0 Å². The first kappa shape index (κ1) is 16.6. The summed E-state index contributed by atoms with van der Waals surface area (Å²) in [6.07, 6.45) is 0.935. The van der Waals surface area contributed by atoms with E-state index in [1.165, 1.54) is 0 Å². The molecule has 2 N–H and O–H groups in total. The zero-order chi connectivity index (χ0) is 15.3. The lowest BCUT2D eigenvalue weighted by Gasteiger charge is -2.32. The Balaban J connectivity index is 2.99. The molecule has 0 saturated carbocycles. The summed E-state index contributed by atoms with van der Waals surface area (Å²) in [5.41, 5.74) is 8.13. The number of carbonyl (C=O) groups is 1. The number of nitrogens with zero attached hydrogens (tertiary/aromatic N) is 2. The minimum absolute atomic E-state index is 0.0541. The van der Waals surface area contributed by atoms with Crippen molar-refractivity contribution in [3.63, 3.8) is 0 Å². The summed E-state index contributed by atoms with van der Waals surface area (Å²) in [5.74, 6) is 0.0541. The first-order valence-electron chi connectivity index (χ1n) is 7.24. The van der Waals surface area contributed by atoms with Crippen molar-refractivity contribution in [3.8, 4) is 0 Å². The van der Waals surface area contributed by atoms with Crippen molar-refractivity contribution in [1.82, 2.24) is 9.88 Å². The molecular formula is C16H27N3O. The van der Waals surface area contributed by atoms with Crippen molar-refractivity contribution in [2.75, 3.05) is 19.6 Å². The third-order valence-corrected chi connectivity index (χ3v) is 3.41. The highest BCUT2D eigenvalue weighted by Crippen LogP contribution is 2.18. The van der Waals surface area contributed by atoms with Crippen molar-refractivity contribution in [1.29, 1.82) is 0 Å². The Kier molecular flexibility index (Phi) is 5.69. The van der Waals surface area contributed by atoms with E-state index >= 15 is 0 Å². The van der Waals surface area contributed by atoms with Crippen LogP contribution in [-0.2, 0) is 0 Å². The predicted octanol–water partition coefficient (Wildman–Crippen LogP) is 2.54. The average Bonchev–Trinajstić information content (AvgIpc) is 2.37. The van der Waals surface area contributed by atoms with Gasteiger partial charge < -0.3 is 10.6 Å². The van der Waals surface area contributed by atoms with E-state index in [0.717, 1.165) is 24.4 Å². The monoisotopic (exact) mass is 277 g/mol. The van der Waals surface area contributed by atoms with Crippen LogP contribution < -0.4 is 5.73 Å². The van der Waals surface area contributed by atoms with Crippen LogP contribution in [0.15, 0.2) is 12.1 Å². The maximum absolute atomic E-state index is 12.7. The molecule has 0 radical (unpaired) electrons. The second-order valence-electron chi connectivity index (χ2n) is 6.18. The number of hydrogen-bond donors (Lipinski definition) is 1. The van der Waals surface area contributed by atoms with Gasteiger partial charge in [0.25, 0.3) is 5.91 Å². The average molecular weight is 277 g/mol. The van der Waals surface area contributed by atoms with Gasteiger partial charge in [0.1, 0.15) is 0 Å². The normalized spacial score (nSPS) is 11.5. The van der Waals surface area contributed by atoms with Crippen LogP contribution in [0.1, 0.15) is 48.9 Å². The molecule has 112 valence electrons. The van der Waals surface area contributed by atoms with Gasteiger partial charge in [-0.3, -0.25) is 9.78 Å². The van der Waals surface area contributed by atoms with E-state index in [1.807, 2.05) is 30.9 Å². The third-order valence-electron chi connectivity index (χ3n) is 3.41. The number of pyridine rings is 1. The van der Waals surface area contributed by atoms with Crippen molar-refractivity contribution < 1.29 is 4.79 Å². The van der Waals surface area contributed by atoms with Gasteiger partial charge in [0, 0.05) is 18.8 Å². The Morgan fingerprint density at radius 1 is 1.35 bits per heavy atom. The summed E-state index contributed by atoms with van der Waals surface area (Å²) in [4.78, 5) is 19.0. The molecular weight excluding hydrogens is 250 g/mol. The van der Waals surface area contributed by atoms with Gasteiger partial charge in [0.05, 0.1) is 11.3 Å². The van der Waals surface area contributed by atoms with Gasteiger partial charge >= 0.3 is 0 Å². The molecule has 1 heterocycles. The maximum Gasteiger partial charge on any atom is 0.255 e. The fourth-order valence-electron chi connectivity index (χ4n) is 2.19. The van der Waals surface area contributed by atoms with Gasteiger partial charge in [0.15, 0.2) is 0 Å². The topological polar surface area (TPSA) is 59.2 Å². The van der Waals surface area contributed by atoms with Crippen molar-refractivity contribution in [2.24, 2.45) is 11.1 Å². The molecule has 1 rings (SSSR count). The lowest BCUT2D eigenvalue weighted by Crippen LogP contribution is -2.42. The Labute approximate surface area is 122 Å². The van der Waals surface area contributed by atoms with Crippen molar-refractivity contribution >= 4 is 5.91 Å². The van der Waals surface area contributed by atoms with Crippen LogP contribution >= 0.6 is 0 Å². The Morgan fingerprint density at radius 2 is 2.00 bits per heavy atom. The van der Waals surface area contributed by atoms with Crippen molar-refractivity contribution in [3.05, 3.63) is 29.1 Å². The van der Waals surface area contributed by atoms with Crippen molar-refractivity contribution in [2.45, 2.75) is 41.0 Å². The van der Waals surface area contributed by atoms with Gasteiger partial charge in [-0.2, -0.15) is 0 Å². The van der Waals surface area contributed by atoms with E-state index in [9.17, 15) is 4.79 Å². The lowest BCUT2D eigenvalue weighted by molar-refractivity contribution is 0.0688. The molecule has 0 aliphatic carbocycles. The fourth-order valence-corrected chi connectivity index (χ4v) is 2.19. The maximum atomic E-state index is 12.7. The number of aryl methyl sites for hydroxylation is 2. The fraction of sp³-hybridized carbons (Fsp3) is 0.625. The van der Waals surface area contributed by atoms with Gasteiger partial charge in [0.2, 0.25) is 0 Å². The van der Waals surface area contributed by atoms with E-state index in [2.05, 4.69) is 25.8 Å². The lowest BCUT2D eigenvalue weighted by atomic mass is 9.92. The largest absolute Gasteiger partial charge is 0.338 e. The molecule has 0 saturated heterocycles. The van der Waals surface area contributed by atoms with Crippen LogP contribution in [0.4, 0.5) is 0 Å². The smallest absolute Gasteiger partial charge is 0.255 e. The first-order chi connectivity index (χ1) is 9.30. The molecule has 4 heteroatoms. The van der Waals surface area contributed by atoms with Gasteiger partial charge in [-0.25, -0.2) is 0 Å². The van der Waals surface area contributed by atoms with E-state index in [0.29, 0.717) is 18.7 Å². The van der Waals surface area contributed by atoms with E-state index in [4.69, 9.17) is 5.73 Å². The molecule has 4 nitrogen and oxygen atoms in total. The summed E-state index contributed by atoms with van der Waals surface area (Å²) < 4.78 is 0. The van der Waals surface area contributed by atoms with Crippen LogP contribution in [0.3, 0.4) is 0 Å². The third kappa shape index (κ3) is 4.30. The molecule has 1 amide bonds. The van der Waals surface area contributed by atoms with Gasteiger partial charge in [-0.05, 0) is 44.4 Å². The quantitative estimate of drug-likeness (QED) is 0.869. The van der Waals surface area contributed by atoms with Gasteiger partial charge in [-0.15, -0.1) is 0 Å². The molecule has 0 unspecified atom stereocenters. The van der Waals surface area contributed by atoms with Crippen LogP contribution in [0.2, 0.25) is 0 Å². The molecule has 0 fully saturated rings. The molecule has 1 aromatic rings. The molecule has 20 heavy (non-hydrogen) atoms. The van der Waals surface area contributed by atoms with Crippen LogP contribution in [0, 0.1) is 19.3 Å². The molecule has 0 bridgehead atoms. The zero-order valence-corrected chi connectivity index (χ0v) is 13.4. The number of amides is 1. The Bertz CT molecular complexity index is 469. The number of carbonyl (C=O) groups excluding carboxylic acids is 1. The van der Waals surface area contributed by atoms with E-state index in [1.54, 1.807) is 0 Å². The Morgan fingerprint density at radius 3 is 2.50 bits per heavy atom. The predicted molar refractivity (Wildman–Crippen MR) is 82.7 cm³/mol. The highest BCUT2D eigenvalue weighted by atomic mass is 16.2. The molecule has 0 aromatic carbocycles. The summed E-state index contributed by atoms with van der Waals surface area (Å²) in [6, 6.07) is 3.76. The first-order valence-corrected chi connectivity index (χ1v) is 7.24. The highest BCUT2D eigenvalue weighted by Gasteiger charge is 2.25. The second kappa shape index (κ2) is 6.84. The van der Waals surface area contributed by atoms with Gasteiger partial charge in [-0.1, -0.05) is 20.8 Å². The zero-order valence-electron chi connectivity index (χ0n) is 13.4. The molecule has 0 aliphatic rings. The minimum atomic E-state index is -0.0726. The molecule has 0 atom stereocenters. The Hall–Kier alpha value is -1.42. The SMILES string of the molecule is CCCN(CC(C)(C)CN)C(=O)c1ccc(C)nc1C. The number of hydrogen-bond acceptors (Lipinski definition) is 3. The summed E-state index contributed by atoms with van der Waals surface area (Å²) in [6.45, 7) is 12.0. The van der Waals surface area contributed by atoms with E-state index < -0.39 is 0 Å². The van der Waals surface area contributed by atoms with Crippen LogP contribution in [-0.4, -0.2) is 35.4 Å². The number of aromatic nitrogens is 1. The number of rotatable bonds is 6. The summed E-state index contributed by atoms with van der Waals surface area (Å²) >= 11 is 0. The van der Waals surface area contributed by atoms with E-state index in [-0.39, 0.29) is 11.3 Å². The summed E-state index contributed by atoms with van der Waals surface area (Å²) in [5, 5.41) is 0.